The number of esters is 1. The van der Waals surface area contributed by atoms with Gasteiger partial charge in [-0.3, -0.25) is 14.4 Å². The lowest BCUT2D eigenvalue weighted by molar-refractivity contribution is -0.143. The van der Waals surface area contributed by atoms with E-state index in [1.807, 2.05) is 0 Å². The maximum Gasteiger partial charge on any atom is 0.307 e. The minimum Gasteiger partial charge on any atom is -0.466 e. The molecule has 0 aliphatic heterocycles. The van der Waals surface area contributed by atoms with Gasteiger partial charge in [-0.15, -0.1) is 0 Å². The molecule has 0 spiro atoms. The van der Waals surface area contributed by atoms with Gasteiger partial charge in [-0.1, -0.05) is 18.2 Å². The second-order valence-corrected chi connectivity index (χ2v) is 3.95. The first-order valence-corrected chi connectivity index (χ1v) is 6.39. The van der Waals surface area contributed by atoms with Crippen LogP contribution in [-0.4, -0.2) is 37.5 Å². The van der Waals surface area contributed by atoms with Crippen molar-refractivity contribution in [3.05, 3.63) is 35.9 Å². The SMILES string of the molecule is CCOC(=O)CCNC(=O)CNC(=O)c1ccccc1. The van der Waals surface area contributed by atoms with Crippen molar-refractivity contribution in [2.24, 2.45) is 0 Å². The van der Waals surface area contributed by atoms with Gasteiger partial charge in [0, 0.05) is 12.1 Å². The van der Waals surface area contributed by atoms with Crippen molar-refractivity contribution in [2.75, 3.05) is 19.7 Å². The number of hydrogen-bond acceptors (Lipinski definition) is 4. The van der Waals surface area contributed by atoms with Gasteiger partial charge in [0.05, 0.1) is 19.6 Å². The normalized spacial score (nSPS) is 9.65. The molecular formula is C14H18N2O4. The molecular weight excluding hydrogens is 260 g/mol. The van der Waals surface area contributed by atoms with Gasteiger partial charge in [0.2, 0.25) is 5.91 Å². The number of nitrogens with one attached hydrogen (secondary N) is 2. The van der Waals surface area contributed by atoms with Gasteiger partial charge in [0.15, 0.2) is 0 Å². The highest BCUT2D eigenvalue weighted by Crippen LogP contribution is 1.97. The van der Waals surface area contributed by atoms with Crippen LogP contribution in [0, 0.1) is 0 Å². The highest BCUT2D eigenvalue weighted by molar-refractivity contribution is 5.96. The average Bonchev–Trinajstić information content (AvgIpc) is 2.46. The number of ether oxygens (including phenoxy) is 1. The molecule has 1 aromatic rings. The van der Waals surface area contributed by atoms with Crippen LogP contribution in [0.25, 0.3) is 0 Å². The summed E-state index contributed by atoms with van der Waals surface area (Å²) in [6.07, 6.45) is 0.117. The van der Waals surface area contributed by atoms with Gasteiger partial charge < -0.3 is 15.4 Å². The summed E-state index contributed by atoms with van der Waals surface area (Å²) < 4.78 is 4.72. The monoisotopic (exact) mass is 278 g/mol. The maximum absolute atomic E-state index is 11.7. The highest BCUT2D eigenvalue weighted by atomic mass is 16.5. The zero-order chi connectivity index (χ0) is 14.8. The van der Waals surface area contributed by atoms with Crippen molar-refractivity contribution < 1.29 is 19.1 Å². The van der Waals surface area contributed by atoms with E-state index in [2.05, 4.69) is 10.6 Å². The molecule has 108 valence electrons. The smallest absolute Gasteiger partial charge is 0.307 e. The highest BCUT2D eigenvalue weighted by Gasteiger charge is 2.08. The fourth-order valence-electron chi connectivity index (χ4n) is 1.45. The summed E-state index contributed by atoms with van der Waals surface area (Å²) in [7, 11) is 0. The molecule has 0 aliphatic carbocycles. The molecule has 0 fully saturated rings. The van der Waals surface area contributed by atoms with E-state index in [-0.39, 0.29) is 37.3 Å². The Morgan fingerprint density at radius 2 is 1.80 bits per heavy atom. The van der Waals surface area contributed by atoms with Crippen LogP contribution in [0.1, 0.15) is 23.7 Å². The van der Waals surface area contributed by atoms with E-state index in [0.717, 1.165) is 0 Å². The Bertz CT molecular complexity index is 460. The second-order valence-electron chi connectivity index (χ2n) is 3.95. The molecule has 6 nitrogen and oxygen atoms in total. The third-order valence-corrected chi connectivity index (χ3v) is 2.40. The van der Waals surface area contributed by atoms with E-state index in [0.29, 0.717) is 12.2 Å². The zero-order valence-corrected chi connectivity index (χ0v) is 11.3. The quantitative estimate of drug-likeness (QED) is 0.711. The summed E-state index contributed by atoms with van der Waals surface area (Å²) in [5.41, 5.74) is 0.492. The fourth-order valence-corrected chi connectivity index (χ4v) is 1.45. The first-order chi connectivity index (χ1) is 9.63. The minimum absolute atomic E-state index is 0.117. The number of benzene rings is 1. The van der Waals surface area contributed by atoms with Crippen LogP contribution < -0.4 is 10.6 Å². The van der Waals surface area contributed by atoms with Crippen molar-refractivity contribution in [3.63, 3.8) is 0 Å². The van der Waals surface area contributed by atoms with Crippen molar-refractivity contribution in [1.29, 1.82) is 0 Å². The molecule has 0 aliphatic rings. The van der Waals surface area contributed by atoms with Crippen LogP contribution in [0.3, 0.4) is 0 Å². The Kier molecular flexibility index (Phi) is 6.81. The van der Waals surface area contributed by atoms with Gasteiger partial charge in [0.25, 0.3) is 5.91 Å². The summed E-state index contributed by atoms with van der Waals surface area (Å²) in [5.74, 6) is -1.02. The Morgan fingerprint density at radius 1 is 1.10 bits per heavy atom. The van der Waals surface area contributed by atoms with Gasteiger partial charge >= 0.3 is 5.97 Å². The number of rotatable bonds is 7. The van der Waals surface area contributed by atoms with E-state index < -0.39 is 0 Å². The van der Waals surface area contributed by atoms with Crippen LogP contribution in [0.4, 0.5) is 0 Å². The van der Waals surface area contributed by atoms with Gasteiger partial charge in [-0.05, 0) is 19.1 Å². The molecule has 0 saturated heterocycles. The summed E-state index contributed by atoms with van der Waals surface area (Å²) >= 11 is 0. The number of carbonyl (C=O) groups is 3. The summed E-state index contributed by atoms with van der Waals surface area (Å²) in [6.45, 7) is 2.10. The average molecular weight is 278 g/mol. The molecule has 0 unspecified atom stereocenters. The van der Waals surface area contributed by atoms with Crippen molar-refractivity contribution in [1.82, 2.24) is 10.6 Å². The van der Waals surface area contributed by atoms with Gasteiger partial charge in [-0.25, -0.2) is 0 Å². The predicted molar refractivity (Wildman–Crippen MR) is 73.0 cm³/mol. The van der Waals surface area contributed by atoms with Crippen LogP contribution in [-0.2, 0) is 14.3 Å². The Morgan fingerprint density at radius 3 is 2.45 bits per heavy atom. The van der Waals surface area contributed by atoms with E-state index >= 15 is 0 Å². The van der Waals surface area contributed by atoms with E-state index in [1.54, 1.807) is 37.3 Å². The summed E-state index contributed by atoms with van der Waals surface area (Å²) in [5, 5.41) is 5.02. The molecule has 2 amide bonds. The lowest BCUT2D eigenvalue weighted by atomic mass is 10.2. The first kappa shape index (κ1) is 15.7. The van der Waals surface area contributed by atoms with Crippen LogP contribution in [0.2, 0.25) is 0 Å². The molecule has 1 aromatic carbocycles. The molecule has 0 aromatic heterocycles. The van der Waals surface area contributed by atoms with Gasteiger partial charge in [0.1, 0.15) is 0 Å². The topological polar surface area (TPSA) is 84.5 Å². The second kappa shape index (κ2) is 8.68. The fraction of sp³-hybridized carbons (Fsp3) is 0.357. The first-order valence-electron chi connectivity index (χ1n) is 6.39. The standard InChI is InChI=1S/C14H18N2O4/c1-2-20-13(18)8-9-15-12(17)10-16-14(19)11-6-4-3-5-7-11/h3-7H,2,8-10H2,1H3,(H,15,17)(H,16,19). The largest absolute Gasteiger partial charge is 0.466 e. The minimum atomic E-state index is -0.360. The Balaban J connectivity index is 2.20. The Hall–Kier alpha value is -2.37. The predicted octanol–water partition coefficient (Wildman–Crippen LogP) is 0.486. The van der Waals surface area contributed by atoms with Crippen LogP contribution >= 0.6 is 0 Å². The third-order valence-electron chi connectivity index (χ3n) is 2.40. The van der Waals surface area contributed by atoms with E-state index in [4.69, 9.17) is 4.74 Å². The maximum atomic E-state index is 11.7. The lowest BCUT2D eigenvalue weighted by Gasteiger charge is -2.06. The number of hydrogen-bond donors (Lipinski definition) is 2. The van der Waals surface area contributed by atoms with Crippen LogP contribution in [0.5, 0.6) is 0 Å². The third kappa shape index (κ3) is 5.99. The summed E-state index contributed by atoms with van der Waals surface area (Å²) in [4.78, 5) is 34.1. The van der Waals surface area contributed by atoms with E-state index in [9.17, 15) is 14.4 Å². The van der Waals surface area contributed by atoms with E-state index in [1.165, 1.54) is 0 Å². The molecule has 1 rings (SSSR count). The zero-order valence-electron chi connectivity index (χ0n) is 11.3. The molecule has 2 N–H and O–H groups in total. The summed E-state index contributed by atoms with van der Waals surface area (Å²) in [6, 6.07) is 8.61. The number of amides is 2. The number of carbonyl (C=O) groups excluding carboxylic acids is 3. The van der Waals surface area contributed by atoms with Crippen molar-refractivity contribution >= 4 is 17.8 Å². The lowest BCUT2D eigenvalue weighted by Crippen LogP contribution is -2.37. The Labute approximate surface area is 117 Å². The molecule has 0 heterocycles. The molecule has 0 bridgehead atoms. The molecule has 20 heavy (non-hydrogen) atoms. The van der Waals surface area contributed by atoms with Gasteiger partial charge in [-0.2, -0.15) is 0 Å². The van der Waals surface area contributed by atoms with Crippen LogP contribution in [0.15, 0.2) is 30.3 Å². The molecule has 0 saturated carbocycles. The molecule has 0 atom stereocenters. The molecule has 0 radical (unpaired) electrons. The van der Waals surface area contributed by atoms with Crippen molar-refractivity contribution in [3.8, 4) is 0 Å². The van der Waals surface area contributed by atoms with Crippen molar-refractivity contribution in [2.45, 2.75) is 13.3 Å². The molecule has 6 heteroatoms.